The second-order valence-electron chi connectivity index (χ2n) is 8.22. The number of carbonyl (C=O) groups excluding carboxylic acids is 2. The van der Waals surface area contributed by atoms with Crippen molar-refractivity contribution < 1.29 is 28.7 Å². The van der Waals surface area contributed by atoms with Crippen LogP contribution in [0.3, 0.4) is 0 Å². The molecule has 0 aliphatic carbocycles. The van der Waals surface area contributed by atoms with Gasteiger partial charge in [-0.15, -0.1) is 0 Å². The molecule has 1 aliphatic rings. The van der Waals surface area contributed by atoms with Crippen LogP contribution < -0.4 is 4.74 Å². The van der Waals surface area contributed by atoms with E-state index < -0.39 is 17.3 Å². The van der Waals surface area contributed by atoms with Crippen LogP contribution in [0.15, 0.2) is 36.5 Å². The van der Waals surface area contributed by atoms with Crippen LogP contribution in [-0.2, 0) is 4.74 Å². The van der Waals surface area contributed by atoms with Gasteiger partial charge in [-0.3, -0.25) is 15.0 Å². The first-order valence-electron chi connectivity index (χ1n) is 9.98. The molecule has 9 heteroatoms. The molecular weight excluding hydrogens is 405 g/mol. The number of hydrogen-bond donors (Lipinski definition) is 1. The number of carbonyl (C=O) groups is 2. The molecule has 31 heavy (non-hydrogen) atoms. The van der Waals surface area contributed by atoms with Gasteiger partial charge in [0.15, 0.2) is 0 Å². The molecule has 2 amide bonds. The van der Waals surface area contributed by atoms with Gasteiger partial charge in [-0.2, -0.15) is 0 Å². The molecular formula is C22H26FN3O5. The highest BCUT2D eigenvalue weighted by molar-refractivity contribution is 5.94. The van der Waals surface area contributed by atoms with Crippen molar-refractivity contribution in [3.63, 3.8) is 0 Å². The fourth-order valence-electron chi connectivity index (χ4n) is 2.93. The number of aromatic nitrogens is 1. The third kappa shape index (κ3) is 5.49. The highest BCUT2D eigenvalue weighted by Crippen LogP contribution is 2.24. The van der Waals surface area contributed by atoms with E-state index in [9.17, 15) is 19.2 Å². The zero-order valence-electron chi connectivity index (χ0n) is 18.0. The van der Waals surface area contributed by atoms with Gasteiger partial charge in [-0.05, 0) is 52.0 Å². The van der Waals surface area contributed by atoms with E-state index >= 15 is 0 Å². The minimum atomic E-state index is -0.802. The van der Waals surface area contributed by atoms with Crippen molar-refractivity contribution in [3.05, 3.63) is 47.9 Å². The summed E-state index contributed by atoms with van der Waals surface area (Å²) >= 11 is 0. The molecule has 0 spiro atoms. The van der Waals surface area contributed by atoms with Crippen LogP contribution in [0.2, 0.25) is 0 Å². The van der Waals surface area contributed by atoms with Crippen molar-refractivity contribution in [1.82, 2.24) is 14.9 Å². The van der Waals surface area contributed by atoms with Crippen LogP contribution in [0.25, 0.3) is 11.3 Å². The van der Waals surface area contributed by atoms with Gasteiger partial charge >= 0.3 is 6.09 Å². The Bertz CT molecular complexity index is 953. The minimum absolute atomic E-state index is 0.0551. The molecule has 0 saturated carbocycles. The van der Waals surface area contributed by atoms with E-state index in [0.717, 1.165) is 0 Å². The largest absolute Gasteiger partial charge is 0.485 e. The molecule has 0 unspecified atom stereocenters. The molecule has 0 bridgehead atoms. The monoisotopic (exact) mass is 431 g/mol. The Morgan fingerprint density at radius 1 is 1.26 bits per heavy atom. The Kier molecular flexibility index (Phi) is 6.45. The van der Waals surface area contributed by atoms with Crippen LogP contribution in [0, 0.1) is 5.82 Å². The molecule has 1 aromatic heterocycles. The van der Waals surface area contributed by atoms with Crippen LogP contribution in [0.1, 0.15) is 38.1 Å². The summed E-state index contributed by atoms with van der Waals surface area (Å²) in [5, 5.41) is 9.93. The average Bonchev–Trinajstić information content (AvgIpc) is 2.68. The van der Waals surface area contributed by atoms with E-state index in [1.165, 1.54) is 18.3 Å². The van der Waals surface area contributed by atoms with Crippen molar-refractivity contribution in [3.8, 4) is 17.0 Å². The highest BCUT2D eigenvalue weighted by atomic mass is 19.1. The summed E-state index contributed by atoms with van der Waals surface area (Å²) in [7, 11) is 0. The van der Waals surface area contributed by atoms with Crippen molar-refractivity contribution >= 4 is 12.0 Å². The molecule has 1 aliphatic heterocycles. The number of rotatable bonds is 5. The quantitative estimate of drug-likeness (QED) is 0.573. The summed E-state index contributed by atoms with van der Waals surface area (Å²) in [6, 6.07) is 7.47. The Labute approximate surface area is 180 Å². The molecule has 0 atom stereocenters. The van der Waals surface area contributed by atoms with Crippen molar-refractivity contribution in [2.45, 2.75) is 39.4 Å². The van der Waals surface area contributed by atoms with Gasteiger partial charge in [0.05, 0.1) is 30.5 Å². The zero-order chi connectivity index (χ0) is 22.8. The van der Waals surface area contributed by atoms with E-state index in [2.05, 4.69) is 4.98 Å². The summed E-state index contributed by atoms with van der Waals surface area (Å²) in [4.78, 5) is 29.7. The maximum absolute atomic E-state index is 14.3. The Morgan fingerprint density at radius 3 is 2.52 bits per heavy atom. The van der Waals surface area contributed by atoms with E-state index in [-0.39, 0.29) is 24.3 Å². The summed E-state index contributed by atoms with van der Waals surface area (Å²) < 4.78 is 25.4. The summed E-state index contributed by atoms with van der Waals surface area (Å²) in [6.07, 6.45) is 1.01. The predicted octanol–water partition coefficient (Wildman–Crippen LogP) is 3.74. The number of ether oxygens (including phenoxy) is 2. The number of hydroxylamine groups is 2. The molecule has 8 nitrogen and oxygen atoms in total. The predicted molar refractivity (Wildman–Crippen MR) is 110 cm³/mol. The van der Waals surface area contributed by atoms with Gasteiger partial charge in [0.1, 0.15) is 23.3 Å². The molecule has 1 N–H and O–H groups in total. The first-order valence-corrected chi connectivity index (χ1v) is 9.98. The number of hydrogen-bond acceptors (Lipinski definition) is 6. The summed E-state index contributed by atoms with van der Waals surface area (Å²) in [5.41, 5.74) is 0.237. The minimum Gasteiger partial charge on any atom is -0.485 e. The van der Waals surface area contributed by atoms with E-state index in [4.69, 9.17) is 9.47 Å². The van der Waals surface area contributed by atoms with Gasteiger partial charge in [0.25, 0.3) is 5.91 Å². The fourth-order valence-corrected chi connectivity index (χ4v) is 2.93. The lowest BCUT2D eigenvalue weighted by atomic mass is 10.1. The number of pyridine rings is 1. The Hall–Kier alpha value is -3.20. The third-order valence-corrected chi connectivity index (χ3v) is 4.57. The smallest absolute Gasteiger partial charge is 0.410 e. The Balaban J connectivity index is 1.58. The molecule has 2 heterocycles. The van der Waals surface area contributed by atoms with Crippen LogP contribution in [0.4, 0.5) is 9.18 Å². The van der Waals surface area contributed by atoms with Gasteiger partial charge < -0.3 is 14.4 Å². The normalized spacial score (nSPS) is 14.1. The average molecular weight is 431 g/mol. The summed E-state index contributed by atoms with van der Waals surface area (Å²) in [5.74, 6) is -1.01. The second-order valence-corrected chi connectivity index (χ2v) is 8.22. The van der Waals surface area contributed by atoms with Crippen LogP contribution >= 0.6 is 0 Å². The first-order chi connectivity index (χ1) is 14.6. The van der Waals surface area contributed by atoms with Crippen molar-refractivity contribution in [2.24, 2.45) is 0 Å². The number of likely N-dealkylation sites (tertiary alicyclic amines) is 1. The van der Waals surface area contributed by atoms with Crippen LogP contribution in [0.5, 0.6) is 5.75 Å². The fraction of sp³-hybridized carbons (Fsp3) is 0.409. The molecule has 166 valence electrons. The maximum atomic E-state index is 14.3. The molecule has 2 aromatic rings. The topological polar surface area (TPSA) is 92.2 Å². The number of benzene rings is 1. The van der Waals surface area contributed by atoms with Gasteiger partial charge in [0.2, 0.25) is 0 Å². The molecule has 1 fully saturated rings. The third-order valence-electron chi connectivity index (χ3n) is 4.57. The maximum Gasteiger partial charge on any atom is 0.410 e. The molecule has 1 aromatic carbocycles. The van der Waals surface area contributed by atoms with Crippen LogP contribution in [-0.4, -0.2) is 63.5 Å². The molecule has 0 radical (unpaired) electrons. The van der Waals surface area contributed by atoms with Gasteiger partial charge in [-0.1, -0.05) is 6.07 Å². The number of halogens is 1. The number of nitrogens with zero attached hydrogens (tertiary/aromatic N) is 3. The lowest BCUT2D eigenvalue weighted by Crippen LogP contribution is -2.57. The Morgan fingerprint density at radius 2 is 1.97 bits per heavy atom. The zero-order valence-corrected chi connectivity index (χ0v) is 18.0. The lowest BCUT2D eigenvalue weighted by molar-refractivity contribution is -0.0544. The van der Waals surface area contributed by atoms with E-state index in [1.807, 2.05) is 20.8 Å². The SMILES string of the molecule is CCN(O)C(=O)c1ccc(-c2ccc(OC3CN(C(=O)OC(C)(C)C)C3)cn2)cc1F. The molecule has 1 saturated heterocycles. The lowest BCUT2D eigenvalue weighted by Gasteiger charge is -2.39. The summed E-state index contributed by atoms with van der Waals surface area (Å²) in [6.45, 7) is 7.94. The van der Waals surface area contributed by atoms with Gasteiger partial charge in [0, 0.05) is 12.1 Å². The first kappa shape index (κ1) is 22.5. The van der Waals surface area contributed by atoms with Crippen molar-refractivity contribution in [1.29, 1.82) is 0 Å². The molecule has 3 rings (SSSR count). The number of amides is 2. The van der Waals surface area contributed by atoms with E-state index in [0.29, 0.717) is 35.2 Å². The second kappa shape index (κ2) is 8.89. The highest BCUT2D eigenvalue weighted by Gasteiger charge is 2.35. The van der Waals surface area contributed by atoms with E-state index in [1.54, 1.807) is 30.0 Å². The van der Waals surface area contributed by atoms with Gasteiger partial charge in [-0.25, -0.2) is 14.2 Å². The van der Waals surface area contributed by atoms with Crippen molar-refractivity contribution in [2.75, 3.05) is 19.6 Å². The standard InChI is InChI=1S/C22H26FN3O5/c1-5-26(29)20(27)17-8-6-14(10-18(17)23)19-9-7-15(11-24-19)30-16-12-25(13-16)21(28)31-22(2,3)4/h6-11,16,29H,5,12-13H2,1-4H3.